The first-order chi connectivity index (χ1) is 6.93. The van der Waals surface area contributed by atoms with Crippen molar-refractivity contribution < 1.29 is 9.50 Å². The second-order valence-electron chi connectivity index (χ2n) is 5.26. The van der Waals surface area contributed by atoms with Gasteiger partial charge in [0, 0.05) is 5.41 Å². The Kier molecular flexibility index (Phi) is 2.16. The summed E-state index contributed by atoms with van der Waals surface area (Å²) in [4.78, 5) is 0. The zero-order chi connectivity index (χ0) is 11.3. The van der Waals surface area contributed by atoms with E-state index in [4.69, 9.17) is 0 Å². The SMILES string of the molecule is Cc1ccc(C2(CO)CC2(C)C)cc1F. The first kappa shape index (κ1) is 10.6. The van der Waals surface area contributed by atoms with Crippen LogP contribution >= 0.6 is 0 Å². The number of aliphatic hydroxyl groups is 1. The predicted molar refractivity (Wildman–Crippen MR) is 58.3 cm³/mol. The average molecular weight is 208 g/mol. The second kappa shape index (κ2) is 3.05. The minimum atomic E-state index is -0.221. The lowest BCUT2D eigenvalue weighted by Crippen LogP contribution is -2.19. The third-order valence-corrected chi connectivity index (χ3v) is 3.91. The van der Waals surface area contributed by atoms with Crippen LogP contribution in [0.5, 0.6) is 0 Å². The quantitative estimate of drug-likeness (QED) is 0.792. The molecule has 0 aromatic heterocycles. The van der Waals surface area contributed by atoms with E-state index in [-0.39, 0.29) is 23.3 Å². The molecule has 0 aliphatic heterocycles. The molecule has 82 valence electrons. The molecule has 0 heterocycles. The van der Waals surface area contributed by atoms with Crippen LogP contribution < -0.4 is 0 Å². The van der Waals surface area contributed by atoms with Crippen molar-refractivity contribution in [3.05, 3.63) is 35.1 Å². The van der Waals surface area contributed by atoms with Crippen LogP contribution in [0.3, 0.4) is 0 Å². The van der Waals surface area contributed by atoms with Crippen LogP contribution in [0.25, 0.3) is 0 Å². The van der Waals surface area contributed by atoms with E-state index in [0.29, 0.717) is 5.56 Å². The summed E-state index contributed by atoms with van der Waals surface area (Å²) < 4.78 is 13.4. The maximum absolute atomic E-state index is 13.4. The largest absolute Gasteiger partial charge is 0.395 e. The van der Waals surface area contributed by atoms with Gasteiger partial charge in [-0.15, -0.1) is 0 Å². The molecule has 1 nitrogen and oxygen atoms in total. The van der Waals surface area contributed by atoms with Crippen LogP contribution in [0.15, 0.2) is 18.2 Å². The highest BCUT2D eigenvalue weighted by atomic mass is 19.1. The van der Waals surface area contributed by atoms with Crippen molar-refractivity contribution >= 4 is 0 Å². The Labute approximate surface area is 89.9 Å². The van der Waals surface area contributed by atoms with E-state index in [0.717, 1.165) is 12.0 Å². The molecule has 1 aliphatic rings. The van der Waals surface area contributed by atoms with Crippen LogP contribution in [-0.2, 0) is 5.41 Å². The molecule has 0 bridgehead atoms. The maximum Gasteiger partial charge on any atom is 0.126 e. The van der Waals surface area contributed by atoms with Crippen molar-refractivity contribution in [2.75, 3.05) is 6.61 Å². The van der Waals surface area contributed by atoms with Crippen LogP contribution in [0.4, 0.5) is 4.39 Å². The van der Waals surface area contributed by atoms with Gasteiger partial charge in [-0.2, -0.15) is 0 Å². The Morgan fingerprint density at radius 1 is 1.40 bits per heavy atom. The molecular weight excluding hydrogens is 191 g/mol. The summed E-state index contributed by atoms with van der Waals surface area (Å²) in [6.07, 6.45) is 0.930. The predicted octanol–water partition coefficient (Wildman–Crippen LogP) is 2.79. The molecule has 0 amide bonds. The van der Waals surface area contributed by atoms with Crippen LogP contribution in [0.1, 0.15) is 31.4 Å². The number of rotatable bonds is 2. The fraction of sp³-hybridized carbons (Fsp3) is 0.538. The van der Waals surface area contributed by atoms with Crippen molar-refractivity contribution in [1.29, 1.82) is 0 Å². The van der Waals surface area contributed by atoms with Gasteiger partial charge in [-0.1, -0.05) is 26.0 Å². The van der Waals surface area contributed by atoms with Gasteiger partial charge in [-0.05, 0) is 36.0 Å². The van der Waals surface area contributed by atoms with Crippen molar-refractivity contribution in [3.8, 4) is 0 Å². The molecule has 0 radical (unpaired) electrons. The van der Waals surface area contributed by atoms with Crippen LogP contribution in [0, 0.1) is 18.2 Å². The van der Waals surface area contributed by atoms with Gasteiger partial charge in [-0.3, -0.25) is 0 Å². The second-order valence-corrected chi connectivity index (χ2v) is 5.26. The van der Waals surface area contributed by atoms with E-state index >= 15 is 0 Å². The van der Waals surface area contributed by atoms with Crippen molar-refractivity contribution in [3.63, 3.8) is 0 Å². The minimum Gasteiger partial charge on any atom is -0.395 e. The molecule has 1 N–H and O–H groups in total. The lowest BCUT2D eigenvalue weighted by Gasteiger charge is -2.18. The molecule has 1 unspecified atom stereocenters. The maximum atomic E-state index is 13.4. The normalized spacial score (nSPS) is 27.8. The van der Waals surface area contributed by atoms with E-state index in [9.17, 15) is 9.50 Å². The molecule has 2 rings (SSSR count). The molecule has 1 aromatic rings. The summed E-state index contributed by atoms with van der Waals surface area (Å²) >= 11 is 0. The summed E-state index contributed by atoms with van der Waals surface area (Å²) in [6, 6.07) is 5.29. The zero-order valence-electron chi connectivity index (χ0n) is 9.47. The Morgan fingerprint density at radius 2 is 2.00 bits per heavy atom. The third-order valence-electron chi connectivity index (χ3n) is 3.91. The Bertz CT molecular complexity index is 398. The Balaban J connectivity index is 2.42. The van der Waals surface area contributed by atoms with E-state index in [2.05, 4.69) is 13.8 Å². The van der Waals surface area contributed by atoms with Gasteiger partial charge in [0.15, 0.2) is 0 Å². The zero-order valence-corrected chi connectivity index (χ0v) is 9.47. The molecule has 1 fully saturated rings. The van der Waals surface area contributed by atoms with Crippen LogP contribution in [0.2, 0.25) is 0 Å². The van der Waals surface area contributed by atoms with Crippen molar-refractivity contribution in [2.24, 2.45) is 5.41 Å². The van der Waals surface area contributed by atoms with Crippen LogP contribution in [-0.4, -0.2) is 11.7 Å². The van der Waals surface area contributed by atoms with Gasteiger partial charge >= 0.3 is 0 Å². The molecule has 15 heavy (non-hydrogen) atoms. The first-order valence-electron chi connectivity index (χ1n) is 5.30. The van der Waals surface area contributed by atoms with E-state index in [1.54, 1.807) is 19.1 Å². The average Bonchev–Trinajstić information content (AvgIpc) is 2.75. The Hall–Kier alpha value is -0.890. The summed E-state index contributed by atoms with van der Waals surface area (Å²) in [5.74, 6) is -0.178. The number of halogens is 1. The van der Waals surface area contributed by atoms with Gasteiger partial charge in [0.25, 0.3) is 0 Å². The van der Waals surface area contributed by atoms with Gasteiger partial charge in [0.2, 0.25) is 0 Å². The molecular formula is C13H17FO. The van der Waals surface area contributed by atoms with Gasteiger partial charge < -0.3 is 5.11 Å². The molecule has 2 heteroatoms. The molecule has 0 spiro atoms. The number of hydrogen-bond donors (Lipinski definition) is 1. The first-order valence-corrected chi connectivity index (χ1v) is 5.30. The number of hydrogen-bond acceptors (Lipinski definition) is 1. The van der Waals surface area contributed by atoms with E-state index < -0.39 is 0 Å². The third kappa shape index (κ3) is 1.39. The highest BCUT2D eigenvalue weighted by molar-refractivity contribution is 5.39. The summed E-state index contributed by atoms with van der Waals surface area (Å²) in [5, 5.41) is 9.48. The smallest absolute Gasteiger partial charge is 0.126 e. The number of aryl methyl sites for hydroxylation is 1. The van der Waals surface area contributed by atoms with Crippen molar-refractivity contribution in [2.45, 2.75) is 32.6 Å². The van der Waals surface area contributed by atoms with E-state index in [1.807, 2.05) is 6.07 Å². The standard InChI is InChI=1S/C13H17FO/c1-9-4-5-10(6-11(9)14)13(8-15)7-12(13,2)3/h4-6,15H,7-8H2,1-3H3. The molecule has 0 saturated heterocycles. The van der Waals surface area contributed by atoms with Gasteiger partial charge in [0.05, 0.1) is 6.61 Å². The monoisotopic (exact) mass is 208 g/mol. The fourth-order valence-corrected chi connectivity index (χ4v) is 2.45. The topological polar surface area (TPSA) is 20.2 Å². The number of benzene rings is 1. The highest BCUT2D eigenvalue weighted by Crippen LogP contribution is 2.63. The molecule has 1 atom stereocenters. The summed E-state index contributed by atoms with van der Waals surface area (Å²) in [6.45, 7) is 6.08. The summed E-state index contributed by atoms with van der Waals surface area (Å²) in [5.41, 5.74) is 1.45. The lowest BCUT2D eigenvalue weighted by molar-refractivity contribution is 0.231. The fourth-order valence-electron chi connectivity index (χ4n) is 2.45. The Morgan fingerprint density at radius 3 is 2.40 bits per heavy atom. The molecule has 1 aromatic carbocycles. The van der Waals surface area contributed by atoms with Gasteiger partial charge in [-0.25, -0.2) is 4.39 Å². The minimum absolute atomic E-state index is 0.0868. The molecule has 1 aliphatic carbocycles. The highest BCUT2D eigenvalue weighted by Gasteiger charge is 2.61. The van der Waals surface area contributed by atoms with E-state index in [1.165, 1.54) is 0 Å². The lowest BCUT2D eigenvalue weighted by atomic mass is 9.88. The van der Waals surface area contributed by atoms with Crippen molar-refractivity contribution in [1.82, 2.24) is 0 Å². The number of aliphatic hydroxyl groups excluding tert-OH is 1. The summed E-state index contributed by atoms with van der Waals surface area (Å²) in [7, 11) is 0. The van der Waals surface area contributed by atoms with Gasteiger partial charge in [0.1, 0.15) is 5.82 Å². The molecule has 1 saturated carbocycles.